The Bertz CT molecular complexity index is 646. The summed E-state index contributed by atoms with van der Waals surface area (Å²) in [5.74, 6) is 1.90. The van der Waals surface area contributed by atoms with Gasteiger partial charge in [-0.25, -0.2) is 9.38 Å². The van der Waals surface area contributed by atoms with E-state index in [4.69, 9.17) is 0 Å². The maximum absolute atomic E-state index is 13.3. The van der Waals surface area contributed by atoms with Crippen molar-refractivity contribution in [3.63, 3.8) is 0 Å². The van der Waals surface area contributed by atoms with Gasteiger partial charge in [-0.1, -0.05) is 18.6 Å². The van der Waals surface area contributed by atoms with Gasteiger partial charge in [0.1, 0.15) is 5.82 Å². The van der Waals surface area contributed by atoms with E-state index >= 15 is 0 Å². The molecule has 3 atom stereocenters. The monoisotopic (exact) mass is 346 g/mol. The molecule has 0 spiro atoms. The number of nitrogens with one attached hydrogen (secondary N) is 2. The van der Waals surface area contributed by atoms with E-state index in [1.54, 1.807) is 25.1 Å². The molecule has 3 rings (SSSR count). The predicted octanol–water partition coefficient (Wildman–Crippen LogP) is 2.14. The minimum Gasteiger partial charge on any atom is -0.353 e. The third kappa shape index (κ3) is 4.71. The summed E-state index contributed by atoms with van der Waals surface area (Å²) in [4.78, 5) is 18.0. The maximum atomic E-state index is 13.3. The lowest BCUT2D eigenvalue weighted by atomic mass is 9.95. The summed E-state index contributed by atoms with van der Waals surface area (Å²) < 4.78 is 13.3. The van der Waals surface area contributed by atoms with Crippen LogP contribution in [0.15, 0.2) is 29.3 Å². The van der Waals surface area contributed by atoms with E-state index in [-0.39, 0.29) is 18.3 Å². The van der Waals surface area contributed by atoms with Crippen molar-refractivity contribution in [2.45, 2.75) is 38.3 Å². The van der Waals surface area contributed by atoms with Crippen LogP contribution >= 0.6 is 0 Å². The molecule has 2 N–H and O–H groups in total. The summed E-state index contributed by atoms with van der Waals surface area (Å²) in [5.41, 5.74) is 0.813. The standard InChI is InChI=1S/C19H27FN4O/c1-24(2)18(25)12-22-19(21-11-14-4-3-5-16(20)9-14)23-17-10-13-6-7-15(17)8-13/h3-5,9,13,15,17H,6-8,10-12H2,1-2H3,(H2,21,22,23). The van der Waals surface area contributed by atoms with Crippen molar-refractivity contribution in [3.8, 4) is 0 Å². The number of amides is 1. The summed E-state index contributed by atoms with van der Waals surface area (Å²) >= 11 is 0. The molecule has 0 aliphatic heterocycles. The Labute approximate surface area is 148 Å². The smallest absolute Gasteiger partial charge is 0.241 e. The minimum absolute atomic E-state index is 0.00630. The molecule has 6 heteroatoms. The first kappa shape index (κ1) is 17.7. The van der Waals surface area contributed by atoms with Crippen LogP contribution in [0.25, 0.3) is 0 Å². The Balaban J connectivity index is 1.64. The van der Waals surface area contributed by atoms with Crippen molar-refractivity contribution in [2.24, 2.45) is 16.8 Å². The average molecular weight is 346 g/mol. The zero-order chi connectivity index (χ0) is 17.8. The van der Waals surface area contributed by atoms with Gasteiger partial charge in [0.2, 0.25) is 5.91 Å². The molecule has 2 saturated carbocycles. The van der Waals surface area contributed by atoms with Crippen LogP contribution in [-0.2, 0) is 11.3 Å². The number of benzene rings is 1. The van der Waals surface area contributed by atoms with E-state index in [2.05, 4.69) is 15.6 Å². The van der Waals surface area contributed by atoms with Crippen LogP contribution in [0.1, 0.15) is 31.2 Å². The molecule has 2 bridgehead atoms. The predicted molar refractivity (Wildman–Crippen MR) is 96.6 cm³/mol. The fourth-order valence-corrected chi connectivity index (χ4v) is 3.87. The molecule has 1 aromatic rings. The first-order chi connectivity index (χ1) is 12.0. The van der Waals surface area contributed by atoms with Crippen LogP contribution in [0.5, 0.6) is 0 Å². The lowest BCUT2D eigenvalue weighted by Gasteiger charge is -2.25. The third-order valence-corrected chi connectivity index (χ3v) is 5.27. The highest BCUT2D eigenvalue weighted by Crippen LogP contribution is 2.44. The summed E-state index contributed by atoms with van der Waals surface area (Å²) in [6.45, 7) is 0.576. The van der Waals surface area contributed by atoms with E-state index in [1.165, 1.54) is 37.8 Å². The first-order valence-electron chi connectivity index (χ1n) is 9.00. The van der Waals surface area contributed by atoms with Crippen molar-refractivity contribution >= 4 is 11.9 Å². The molecule has 1 aromatic carbocycles. The van der Waals surface area contributed by atoms with Gasteiger partial charge in [0.25, 0.3) is 0 Å². The number of carbonyl (C=O) groups excluding carboxylic acids is 1. The van der Waals surface area contributed by atoms with Crippen molar-refractivity contribution < 1.29 is 9.18 Å². The highest BCUT2D eigenvalue weighted by atomic mass is 19.1. The van der Waals surface area contributed by atoms with Crippen LogP contribution in [0.3, 0.4) is 0 Å². The van der Waals surface area contributed by atoms with Crippen LogP contribution in [0.4, 0.5) is 4.39 Å². The normalized spacial score (nSPS) is 25.1. The molecule has 2 aliphatic rings. The molecule has 25 heavy (non-hydrogen) atoms. The SMILES string of the molecule is CN(C)C(=O)CNC(=NCc1cccc(F)c1)NC1CC2CCC1C2. The quantitative estimate of drug-likeness (QED) is 0.634. The second-order valence-corrected chi connectivity index (χ2v) is 7.36. The van der Waals surface area contributed by atoms with Crippen molar-refractivity contribution in [1.82, 2.24) is 15.5 Å². The van der Waals surface area contributed by atoms with Gasteiger partial charge in [0, 0.05) is 20.1 Å². The lowest BCUT2D eigenvalue weighted by molar-refractivity contribution is -0.127. The average Bonchev–Trinajstić information content (AvgIpc) is 3.19. The number of halogens is 1. The molecule has 3 unspecified atom stereocenters. The molecule has 0 radical (unpaired) electrons. The van der Waals surface area contributed by atoms with Crippen LogP contribution in [-0.4, -0.2) is 43.4 Å². The second-order valence-electron chi connectivity index (χ2n) is 7.36. The van der Waals surface area contributed by atoms with Gasteiger partial charge in [-0.3, -0.25) is 4.79 Å². The van der Waals surface area contributed by atoms with E-state index in [0.717, 1.165) is 11.5 Å². The van der Waals surface area contributed by atoms with Gasteiger partial charge in [0.15, 0.2) is 5.96 Å². The molecule has 2 aliphatic carbocycles. The van der Waals surface area contributed by atoms with Gasteiger partial charge in [0.05, 0.1) is 13.1 Å². The van der Waals surface area contributed by atoms with Gasteiger partial charge in [-0.2, -0.15) is 0 Å². The summed E-state index contributed by atoms with van der Waals surface area (Å²) in [6.07, 6.45) is 5.08. The third-order valence-electron chi connectivity index (χ3n) is 5.27. The summed E-state index contributed by atoms with van der Waals surface area (Å²) in [5, 5.41) is 6.63. The number of rotatable bonds is 5. The Kier molecular flexibility index (Phi) is 5.56. The summed E-state index contributed by atoms with van der Waals surface area (Å²) in [7, 11) is 3.47. The Morgan fingerprint density at radius 1 is 1.32 bits per heavy atom. The molecule has 0 heterocycles. The number of guanidine groups is 1. The molecular formula is C19H27FN4O. The van der Waals surface area contributed by atoms with Gasteiger partial charge >= 0.3 is 0 Å². The lowest BCUT2D eigenvalue weighted by Crippen LogP contribution is -2.48. The minimum atomic E-state index is -0.258. The molecule has 0 saturated heterocycles. The second kappa shape index (κ2) is 7.85. The number of likely N-dealkylation sites (N-methyl/N-ethyl adjacent to an activating group) is 1. The van der Waals surface area contributed by atoms with Crippen LogP contribution < -0.4 is 10.6 Å². The largest absolute Gasteiger partial charge is 0.353 e. The Morgan fingerprint density at radius 3 is 2.80 bits per heavy atom. The topological polar surface area (TPSA) is 56.7 Å². The zero-order valence-corrected chi connectivity index (χ0v) is 15.0. The summed E-state index contributed by atoms with van der Waals surface area (Å²) in [6, 6.07) is 6.88. The molecule has 5 nitrogen and oxygen atoms in total. The molecule has 1 amide bonds. The van der Waals surface area contributed by atoms with E-state index in [9.17, 15) is 9.18 Å². The maximum Gasteiger partial charge on any atom is 0.241 e. The van der Waals surface area contributed by atoms with Gasteiger partial charge < -0.3 is 15.5 Å². The molecular weight excluding hydrogens is 319 g/mol. The number of hydrogen-bond donors (Lipinski definition) is 2. The number of hydrogen-bond acceptors (Lipinski definition) is 2. The van der Waals surface area contributed by atoms with Crippen molar-refractivity contribution in [2.75, 3.05) is 20.6 Å². The van der Waals surface area contributed by atoms with Crippen LogP contribution in [0.2, 0.25) is 0 Å². The van der Waals surface area contributed by atoms with E-state index < -0.39 is 0 Å². The highest BCUT2D eigenvalue weighted by molar-refractivity contribution is 5.86. The van der Waals surface area contributed by atoms with Crippen LogP contribution in [0, 0.1) is 17.7 Å². The Morgan fingerprint density at radius 2 is 2.16 bits per heavy atom. The van der Waals surface area contributed by atoms with Crippen molar-refractivity contribution in [1.29, 1.82) is 0 Å². The fraction of sp³-hybridized carbons (Fsp3) is 0.579. The van der Waals surface area contributed by atoms with Gasteiger partial charge in [-0.15, -0.1) is 0 Å². The highest BCUT2D eigenvalue weighted by Gasteiger charge is 2.39. The molecule has 2 fully saturated rings. The number of fused-ring (bicyclic) bond motifs is 2. The van der Waals surface area contributed by atoms with Gasteiger partial charge in [-0.05, 0) is 48.8 Å². The number of carbonyl (C=O) groups is 1. The molecule has 136 valence electrons. The Hall–Kier alpha value is -2.11. The number of aliphatic imine (C=N–C) groups is 1. The fourth-order valence-electron chi connectivity index (χ4n) is 3.87. The number of nitrogens with zero attached hydrogens (tertiary/aromatic N) is 2. The van der Waals surface area contributed by atoms with E-state index in [1.807, 2.05) is 6.07 Å². The first-order valence-corrected chi connectivity index (χ1v) is 9.00. The van der Waals surface area contributed by atoms with E-state index in [0.29, 0.717) is 24.5 Å². The van der Waals surface area contributed by atoms with Crippen molar-refractivity contribution in [3.05, 3.63) is 35.6 Å². The zero-order valence-electron chi connectivity index (χ0n) is 15.0. The molecule has 0 aromatic heterocycles.